The van der Waals surface area contributed by atoms with Crippen LogP contribution in [0.1, 0.15) is 11.1 Å². The van der Waals surface area contributed by atoms with Crippen LogP contribution in [0.15, 0.2) is 95.9 Å². The van der Waals surface area contributed by atoms with Crippen LogP contribution in [-0.4, -0.2) is 55.1 Å². The Bertz CT molecular complexity index is 1950. The van der Waals surface area contributed by atoms with Crippen molar-refractivity contribution in [1.29, 1.82) is 0 Å². The number of rotatable bonds is 12. The summed E-state index contributed by atoms with van der Waals surface area (Å²) in [6.45, 7) is 0.704. The molecule has 0 fully saturated rings. The highest BCUT2D eigenvalue weighted by Crippen LogP contribution is 2.37. The number of benzene rings is 3. The summed E-state index contributed by atoms with van der Waals surface area (Å²) >= 11 is 0. The molecule has 0 unspecified atom stereocenters. The van der Waals surface area contributed by atoms with Crippen molar-refractivity contribution < 1.29 is 23.0 Å². The van der Waals surface area contributed by atoms with Gasteiger partial charge in [0.1, 0.15) is 5.82 Å². The maximum absolute atomic E-state index is 15.7. The van der Waals surface area contributed by atoms with E-state index in [-0.39, 0.29) is 35.8 Å². The molecule has 0 amide bonds. The third-order valence-electron chi connectivity index (χ3n) is 7.35. The zero-order valence-electron chi connectivity index (χ0n) is 26.0. The van der Waals surface area contributed by atoms with Gasteiger partial charge in [0.05, 0.1) is 37.4 Å². The second-order valence-electron chi connectivity index (χ2n) is 11.0. The Balaban J connectivity index is 1.63. The summed E-state index contributed by atoms with van der Waals surface area (Å²) in [5.41, 5.74) is 1.37. The molecule has 0 radical (unpaired) electrons. The molecule has 5 aromatic rings. The van der Waals surface area contributed by atoms with Gasteiger partial charge in [0.2, 0.25) is 0 Å². The number of anilines is 2. The first-order chi connectivity index (χ1) is 22.2. The maximum Gasteiger partial charge on any atom is 0.259 e. The Morgan fingerprint density at radius 3 is 2.30 bits per heavy atom. The first-order valence-corrected chi connectivity index (χ1v) is 14.6. The lowest BCUT2D eigenvalue weighted by molar-refractivity contribution is -0.114. The molecule has 0 spiro atoms. The number of hydrogen-bond donors (Lipinski definition) is 1. The molecule has 0 aliphatic rings. The van der Waals surface area contributed by atoms with Crippen molar-refractivity contribution in [1.82, 2.24) is 14.5 Å². The average Bonchev–Trinajstić information content (AvgIpc) is 3.04. The number of pyridine rings is 2. The Hall–Kier alpha value is -5.35. The quantitative estimate of drug-likeness (QED) is 0.161. The molecule has 2 heterocycles. The number of nitrogens with zero attached hydrogens (tertiary/aromatic N) is 3. The van der Waals surface area contributed by atoms with Gasteiger partial charge < -0.3 is 24.3 Å². The Labute approximate surface area is 265 Å². The van der Waals surface area contributed by atoms with Gasteiger partial charge in [-0.25, -0.2) is 13.8 Å². The second kappa shape index (κ2) is 14.2. The van der Waals surface area contributed by atoms with E-state index in [4.69, 9.17) is 9.47 Å². The molecule has 0 saturated carbocycles. The topological polar surface area (TPSA) is 85.7 Å². The summed E-state index contributed by atoms with van der Waals surface area (Å²) < 4.78 is 43.0. The average molecular weight is 625 g/mol. The van der Waals surface area contributed by atoms with Crippen molar-refractivity contribution in [2.24, 2.45) is 0 Å². The molecule has 46 heavy (non-hydrogen) atoms. The van der Waals surface area contributed by atoms with Crippen LogP contribution in [0.2, 0.25) is 0 Å². The van der Waals surface area contributed by atoms with Crippen LogP contribution in [0, 0.1) is 11.6 Å². The van der Waals surface area contributed by atoms with Crippen molar-refractivity contribution in [3.05, 3.63) is 124 Å². The number of carbonyl (C=O) groups excluding carboxylic acids is 1. The SMILES string of the molecule is COc1cc(OC)c(F)c(-c2cc3cnc(Nc4ccccc4)cc3n(Cc3cccc(CC(=O)/C=C/CN(C)C)c3)c2=O)c1F. The molecular weight excluding hydrogens is 590 g/mol. The third kappa shape index (κ3) is 7.13. The van der Waals surface area contributed by atoms with E-state index in [9.17, 15) is 9.59 Å². The van der Waals surface area contributed by atoms with Crippen LogP contribution in [0.3, 0.4) is 0 Å². The van der Waals surface area contributed by atoms with Gasteiger partial charge in [-0.1, -0.05) is 48.5 Å². The molecule has 0 saturated heterocycles. The fourth-order valence-corrected chi connectivity index (χ4v) is 5.14. The summed E-state index contributed by atoms with van der Waals surface area (Å²) in [7, 11) is 6.34. The first-order valence-electron chi connectivity index (χ1n) is 14.6. The largest absolute Gasteiger partial charge is 0.494 e. The van der Waals surface area contributed by atoms with E-state index in [2.05, 4.69) is 10.3 Å². The van der Waals surface area contributed by atoms with Crippen LogP contribution < -0.4 is 20.3 Å². The zero-order chi connectivity index (χ0) is 32.8. The maximum atomic E-state index is 15.7. The highest BCUT2D eigenvalue weighted by molar-refractivity contribution is 5.91. The highest BCUT2D eigenvalue weighted by atomic mass is 19.1. The van der Waals surface area contributed by atoms with Crippen molar-refractivity contribution >= 4 is 28.2 Å². The van der Waals surface area contributed by atoms with Gasteiger partial charge in [0.25, 0.3) is 5.56 Å². The van der Waals surface area contributed by atoms with Crippen molar-refractivity contribution in [2.45, 2.75) is 13.0 Å². The molecule has 1 N–H and O–H groups in total. The van der Waals surface area contributed by atoms with E-state index in [0.717, 1.165) is 22.9 Å². The predicted molar refractivity (Wildman–Crippen MR) is 176 cm³/mol. The predicted octanol–water partition coefficient (Wildman–Crippen LogP) is 6.38. The number of ether oxygens (including phenoxy) is 2. The lowest BCUT2D eigenvalue weighted by atomic mass is 10.0. The number of ketones is 1. The van der Waals surface area contributed by atoms with E-state index in [1.165, 1.54) is 24.9 Å². The minimum Gasteiger partial charge on any atom is -0.494 e. The third-order valence-corrected chi connectivity index (χ3v) is 7.35. The van der Waals surface area contributed by atoms with E-state index >= 15 is 8.78 Å². The standard InChI is InChI=1S/C36H34F2N4O4/c1-41(2)15-9-14-27(43)17-23-10-8-11-24(16-23)22-42-29-19-32(40-26-12-6-5-7-13-26)39-21-25(29)18-28(36(42)44)33-34(37)30(45-3)20-31(46-4)35(33)38/h5-14,16,18-21H,15,17,22H2,1-4H3,(H,39,40)/b14-9+. The molecule has 0 aliphatic carbocycles. The molecule has 10 heteroatoms. The number of fused-ring (bicyclic) bond motifs is 1. The molecule has 2 aromatic heterocycles. The normalized spacial score (nSPS) is 11.4. The van der Waals surface area contributed by atoms with Gasteiger partial charge in [0, 0.05) is 42.4 Å². The monoisotopic (exact) mass is 624 g/mol. The number of nitrogens with one attached hydrogen (secondary N) is 1. The van der Waals surface area contributed by atoms with E-state index in [1.54, 1.807) is 18.3 Å². The minimum atomic E-state index is -1.03. The Kier molecular flexibility index (Phi) is 9.88. The lowest BCUT2D eigenvalue weighted by Gasteiger charge is -2.17. The molecule has 5 rings (SSSR count). The fourth-order valence-electron chi connectivity index (χ4n) is 5.14. The molecule has 0 aliphatic heterocycles. The summed E-state index contributed by atoms with van der Waals surface area (Å²) in [5, 5.41) is 3.71. The minimum absolute atomic E-state index is 0.0516. The van der Waals surface area contributed by atoms with Gasteiger partial charge in [-0.3, -0.25) is 9.59 Å². The molecule has 0 atom stereocenters. The number of likely N-dealkylation sites (N-methyl/N-ethyl adjacent to an activating group) is 1. The smallest absolute Gasteiger partial charge is 0.259 e. The summed E-state index contributed by atoms with van der Waals surface area (Å²) in [6.07, 6.45) is 5.10. The van der Waals surface area contributed by atoms with Crippen LogP contribution in [-0.2, 0) is 17.8 Å². The van der Waals surface area contributed by atoms with Crippen LogP contribution >= 0.6 is 0 Å². The van der Waals surface area contributed by atoms with E-state index < -0.39 is 22.8 Å². The first kappa shape index (κ1) is 32.1. The number of carbonyl (C=O) groups is 1. The van der Waals surface area contributed by atoms with Gasteiger partial charge in [0.15, 0.2) is 28.9 Å². The van der Waals surface area contributed by atoms with Crippen LogP contribution in [0.25, 0.3) is 22.0 Å². The van der Waals surface area contributed by atoms with E-state index in [1.807, 2.05) is 79.7 Å². The zero-order valence-corrected chi connectivity index (χ0v) is 26.0. The van der Waals surface area contributed by atoms with Gasteiger partial charge in [-0.2, -0.15) is 0 Å². The molecule has 236 valence electrons. The highest BCUT2D eigenvalue weighted by Gasteiger charge is 2.25. The van der Waals surface area contributed by atoms with Gasteiger partial charge >= 0.3 is 0 Å². The number of halogens is 2. The molecular formula is C36H34F2N4O4. The lowest BCUT2D eigenvalue weighted by Crippen LogP contribution is -2.24. The number of methoxy groups -OCH3 is 2. The number of aromatic nitrogens is 2. The van der Waals surface area contributed by atoms with Crippen LogP contribution in [0.5, 0.6) is 11.5 Å². The Morgan fingerprint density at radius 2 is 1.63 bits per heavy atom. The summed E-state index contributed by atoms with van der Waals surface area (Å²) in [6, 6.07) is 21.0. The molecule has 8 nitrogen and oxygen atoms in total. The van der Waals surface area contributed by atoms with Crippen molar-refractivity contribution in [2.75, 3.05) is 40.2 Å². The second-order valence-corrected chi connectivity index (χ2v) is 11.0. The van der Waals surface area contributed by atoms with Crippen molar-refractivity contribution in [3.63, 3.8) is 0 Å². The summed E-state index contributed by atoms with van der Waals surface area (Å²) in [5.74, 6) is -2.16. The fraction of sp³-hybridized carbons (Fsp3) is 0.194. The van der Waals surface area contributed by atoms with Crippen LogP contribution in [0.4, 0.5) is 20.3 Å². The number of hydrogen-bond acceptors (Lipinski definition) is 7. The van der Waals surface area contributed by atoms with Crippen molar-refractivity contribution in [3.8, 4) is 22.6 Å². The number of allylic oxidation sites excluding steroid dienone is 1. The van der Waals surface area contributed by atoms with Gasteiger partial charge in [-0.05, 0) is 49.5 Å². The molecule has 0 bridgehead atoms. The molecule has 3 aromatic carbocycles. The Morgan fingerprint density at radius 1 is 0.935 bits per heavy atom. The summed E-state index contributed by atoms with van der Waals surface area (Å²) in [4.78, 5) is 33.3. The van der Waals surface area contributed by atoms with E-state index in [0.29, 0.717) is 23.3 Å². The van der Waals surface area contributed by atoms with Gasteiger partial charge in [-0.15, -0.1) is 0 Å². The number of para-hydroxylation sites is 1.